The average Bonchev–Trinajstić information content (AvgIpc) is 3.02. The van der Waals surface area contributed by atoms with Crippen LogP contribution in [0.2, 0.25) is 0 Å². The third-order valence-electron chi connectivity index (χ3n) is 8.90. The number of hydrogen-bond donors (Lipinski definition) is 1. The first-order chi connectivity index (χ1) is 21.5. The number of nitrogens with zero attached hydrogens (tertiary/aromatic N) is 3. The number of amides is 1. The zero-order valence-electron chi connectivity index (χ0n) is 25.2. The van der Waals surface area contributed by atoms with Crippen molar-refractivity contribution in [3.8, 4) is 11.6 Å². The number of aromatic nitrogens is 2. The first-order valence-electron chi connectivity index (χ1n) is 15.5. The number of pyridine rings is 2. The molecule has 5 rings (SSSR count). The van der Waals surface area contributed by atoms with Crippen molar-refractivity contribution >= 4 is 17.6 Å². The molecule has 0 radical (unpaired) electrons. The van der Waals surface area contributed by atoms with Crippen LogP contribution >= 0.6 is 0 Å². The molecule has 3 aromatic rings. The highest BCUT2D eigenvalue weighted by atomic mass is 19.4. The molecule has 2 fully saturated rings. The van der Waals surface area contributed by atoms with Crippen LogP contribution in [0.25, 0.3) is 0 Å². The summed E-state index contributed by atoms with van der Waals surface area (Å²) in [5, 5.41) is 10.2. The summed E-state index contributed by atoms with van der Waals surface area (Å²) in [5.41, 5.74) is -0.756. The van der Waals surface area contributed by atoms with Gasteiger partial charge in [0.05, 0.1) is 11.3 Å². The van der Waals surface area contributed by atoms with Crippen LogP contribution in [-0.2, 0) is 23.8 Å². The fourth-order valence-corrected chi connectivity index (χ4v) is 6.37. The lowest BCUT2D eigenvalue weighted by Crippen LogP contribution is -2.46. The molecule has 1 N–H and O–H groups in total. The molecule has 0 aliphatic heterocycles. The number of alkyl halides is 3. The van der Waals surface area contributed by atoms with Crippen molar-refractivity contribution in [3.63, 3.8) is 0 Å². The van der Waals surface area contributed by atoms with Gasteiger partial charge in [0.15, 0.2) is 11.6 Å². The molecular formula is C34H37F4N3O4. The summed E-state index contributed by atoms with van der Waals surface area (Å²) in [6, 6.07) is 7.64. The van der Waals surface area contributed by atoms with Crippen LogP contribution in [-0.4, -0.2) is 33.0 Å². The first-order valence-corrected chi connectivity index (χ1v) is 15.5. The molecule has 45 heavy (non-hydrogen) atoms. The van der Waals surface area contributed by atoms with Crippen molar-refractivity contribution in [1.82, 2.24) is 9.97 Å². The molecule has 2 saturated carbocycles. The van der Waals surface area contributed by atoms with Gasteiger partial charge in [-0.15, -0.1) is 0 Å². The number of aryl methyl sites for hydroxylation is 2. The van der Waals surface area contributed by atoms with Crippen molar-refractivity contribution in [2.45, 2.75) is 89.8 Å². The summed E-state index contributed by atoms with van der Waals surface area (Å²) in [5.74, 6) is -4.21. The molecule has 0 unspecified atom stereocenters. The molecule has 0 bridgehead atoms. The van der Waals surface area contributed by atoms with Gasteiger partial charge in [0.2, 0.25) is 11.8 Å². The topological polar surface area (TPSA) is 92.6 Å². The average molecular weight is 628 g/mol. The zero-order valence-corrected chi connectivity index (χ0v) is 25.2. The summed E-state index contributed by atoms with van der Waals surface area (Å²) in [6.07, 6.45) is 5.62. The Hall–Kier alpha value is -4.02. The van der Waals surface area contributed by atoms with Crippen molar-refractivity contribution in [3.05, 3.63) is 77.0 Å². The Labute approximate surface area is 259 Å². The van der Waals surface area contributed by atoms with E-state index >= 15 is 4.39 Å². The van der Waals surface area contributed by atoms with E-state index in [0.717, 1.165) is 50.3 Å². The molecule has 2 heterocycles. The Balaban J connectivity index is 1.47. The van der Waals surface area contributed by atoms with E-state index in [4.69, 9.17) is 4.74 Å². The van der Waals surface area contributed by atoms with Gasteiger partial charge in [0, 0.05) is 42.2 Å². The molecule has 1 aromatic carbocycles. The van der Waals surface area contributed by atoms with Gasteiger partial charge in [0.25, 0.3) is 0 Å². The Kier molecular flexibility index (Phi) is 10.0. The van der Waals surface area contributed by atoms with Crippen LogP contribution in [0.5, 0.6) is 11.6 Å². The van der Waals surface area contributed by atoms with Gasteiger partial charge in [-0.1, -0.05) is 32.3 Å². The molecule has 240 valence electrons. The summed E-state index contributed by atoms with van der Waals surface area (Å²) in [6.45, 7) is 2.13. The smallest absolute Gasteiger partial charge is 0.421 e. The molecule has 2 aliphatic carbocycles. The number of hydrogen-bond acceptors (Lipinski definition) is 5. The number of benzene rings is 1. The highest BCUT2D eigenvalue weighted by molar-refractivity contribution is 6.03. The number of aromatic carboxylic acids is 1. The Bertz CT molecular complexity index is 1500. The van der Waals surface area contributed by atoms with Crippen LogP contribution in [0, 0.1) is 17.7 Å². The van der Waals surface area contributed by atoms with Gasteiger partial charge < -0.3 is 14.7 Å². The maximum atomic E-state index is 15.7. The third kappa shape index (κ3) is 7.80. The van der Waals surface area contributed by atoms with Crippen LogP contribution in [0.1, 0.15) is 91.9 Å². The Morgan fingerprint density at radius 1 is 0.978 bits per heavy atom. The zero-order chi connectivity index (χ0) is 32.1. The second-order valence-electron chi connectivity index (χ2n) is 12.2. The van der Waals surface area contributed by atoms with E-state index < -0.39 is 40.7 Å². The van der Waals surface area contributed by atoms with E-state index in [0.29, 0.717) is 43.7 Å². The lowest BCUT2D eigenvalue weighted by atomic mass is 9.81. The number of carbonyl (C=O) groups excluding carboxylic acids is 1. The second-order valence-corrected chi connectivity index (χ2v) is 12.2. The van der Waals surface area contributed by atoms with Crippen LogP contribution in [0.15, 0.2) is 48.8 Å². The van der Waals surface area contributed by atoms with Crippen molar-refractivity contribution < 1.29 is 37.0 Å². The second kappa shape index (κ2) is 14.0. The minimum Gasteiger partial charge on any atom is -0.478 e. The van der Waals surface area contributed by atoms with Crippen molar-refractivity contribution in [2.24, 2.45) is 11.8 Å². The Morgan fingerprint density at radius 2 is 1.71 bits per heavy atom. The summed E-state index contributed by atoms with van der Waals surface area (Å²) < 4.78 is 63.4. The van der Waals surface area contributed by atoms with Gasteiger partial charge in [-0.05, 0) is 81.0 Å². The highest BCUT2D eigenvalue weighted by Gasteiger charge is 2.38. The maximum absolute atomic E-state index is 15.7. The van der Waals surface area contributed by atoms with Gasteiger partial charge in [0.1, 0.15) is 5.56 Å². The highest BCUT2D eigenvalue weighted by Crippen LogP contribution is 2.41. The van der Waals surface area contributed by atoms with E-state index in [2.05, 4.69) is 16.9 Å². The quantitative estimate of drug-likeness (QED) is 0.240. The maximum Gasteiger partial charge on any atom is 0.421 e. The van der Waals surface area contributed by atoms with E-state index in [-0.39, 0.29) is 35.5 Å². The molecule has 0 saturated heterocycles. The van der Waals surface area contributed by atoms with Crippen molar-refractivity contribution in [1.29, 1.82) is 0 Å². The fraction of sp³-hybridized carbons (Fsp3) is 0.471. The number of ether oxygens (including phenoxy) is 1. The number of carboxylic acids is 1. The summed E-state index contributed by atoms with van der Waals surface area (Å²) in [4.78, 5) is 35.9. The fourth-order valence-electron chi connectivity index (χ4n) is 6.37. The largest absolute Gasteiger partial charge is 0.478 e. The lowest BCUT2D eigenvalue weighted by molar-refractivity contribution is -0.139. The Morgan fingerprint density at radius 3 is 2.36 bits per heavy atom. The molecule has 2 aliphatic rings. The molecule has 2 aromatic heterocycles. The van der Waals surface area contributed by atoms with E-state index in [1.807, 2.05) is 0 Å². The van der Waals surface area contributed by atoms with Gasteiger partial charge in [-0.2, -0.15) is 13.2 Å². The minimum atomic E-state index is -4.88. The molecule has 1 amide bonds. The van der Waals surface area contributed by atoms with Crippen molar-refractivity contribution in [2.75, 3.05) is 4.90 Å². The van der Waals surface area contributed by atoms with E-state index in [9.17, 15) is 27.9 Å². The first kappa shape index (κ1) is 32.4. The van der Waals surface area contributed by atoms with Crippen LogP contribution in [0.4, 0.5) is 23.2 Å². The normalized spacial score (nSPS) is 19.2. The predicted molar refractivity (Wildman–Crippen MR) is 160 cm³/mol. The number of rotatable bonds is 9. The molecule has 0 spiro atoms. The standard InChI is InChI=1S/C34H37F4N3O4/c1-21-10-13-23(14-11-21)32(42)41(25-8-3-2-4-9-25)29-19-28(35)30(18-26(29)33(43)44)45-31-27(34(36,37)38)17-22(20-40-31)12-15-24-7-5-6-16-39-24/h5-7,16-21,23,25H,2-4,8-15H2,1H3,(H,43,44)/t21-,23-. The third-order valence-corrected chi connectivity index (χ3v) is 8.90. The van der Waals surface area contributed by atoms with Gasteiger partial charge in [-0.3, -0.25) is 9.78 Å². The SMILES string of the molecule is C[C@H]1CC[C@H](C(=O)N(c2cc(F)c(Oc3ncc(CCc4ccccn4)cc3C(F)(F)F)cc2C(=O)O)C2CCCCC2)CC1. The van der Waals surface area contributed by atoms with Gasteiger partial charge in [-0.25, -0.2) is 14.2 Å². The molecule has 7 nitrogen and oxygen atoms in total. The molecule has 0 atom stereocenters. The number of anilines is 1. The minimum absolute atomic E-state index is 0.100. The number of halogens is 4. The van der Waals surface area contributed by atoms with Gasteiger partial charge >= 0.3 is 12.1 Å². The number of carbonyl (C=O) groups is 2. The monoisotopic (exact) mass is 627 g/mol. The van der Waals surface area contributed by atoms with Crippen LogP contribution < -0.4 is 9.64 Å². The van der Waals surface area contributed by atoms with E-state index in [1.54, 1.807) is 24.4 Å². The summed E-state index contributed by atoms with van der Waals surface area (Å²) in [7, 11) is 0. The predicted octanol–water partition coefficient (Wildman–Crippen LogP) is 8.40. The molecule has 11 heteroatoms. The number of carboxylic acid groups (broad SMARTS) is 1. The van der Waals surface area contributed by atoms with Crippen LogP contribution in [0.3, 0.4) is 0 Å². The summed E-state index contributed by atoms with van der Waals surface area (Å²) >= 11 is 0. The lowest BCUT2D eigenvalue weighted by Gasteiger charge is -2.38. The molecular weight excluding hydrogens is 590 g/mol. The van der Waals surface area contributed by atoms with E-state index in [1.165, 1.54) is 11.1 Å².